The average Bonchev–Trinajstić information content (AvgIpc) is 2.62. The van der Waals surface area contributed by atoms with Crippen molar-refractivity contribution in [2.45, 2.75) is 26.3 Å². The summed E-state index contributed by atoms with van der Waals surface area (Å²) in [5.74, 6) is 0.483. The second kappa shape index (κ2) is 7.97. The van der Waals surface area contributed by atoms with Crippen LogP contribution in [-0.2, 0) is 19.4 Å². The Labute approximate surface area is 144 Å². The van der Waals surface area contributed by atoms with Gasteiger partial charge in [0.2, 0.25) is 0 Å². The lowest BCUT2D eigenvalue weighted by atomic mass is 10.0. The van der Waals surface area contributed by atoms with Gasteiger partial charge in [-0.15, -0.1) is 0 Å². The normalized spacial score (nSPS) is 15.1. The molecule has 3 rings (SSSR count). The second-order valence-corrected chi connectivity index (χ2v) is 6.24. The van der Waals surface area contributed by atoms with E-state index in [1.807, 2.05) is 12.1 Å². The van der Waals surface area contributed by atoms with E-state index in [9.17, 15) is 0 Å². The fourth-order valence-corrected chi connectivity index (χ4v) is 3.07. The van der Waals surface area contributed by atoms with Crippen LogP contribution < -0.4 is 11.1 Å². The van der Waals surface area contributed by atoms with E-state index in [0.29, 0.717) is 12.5 Å². The fourth-order valence-electron chi connectivity index (χ4n) is 3.07. The number of nitrogens with zero attached hydrogens (tertiary/aromatic N) is 2. The Balaban J connectivity index is 1.47. The summed E-state index contributed by atoms with van der Waals surface area (Å²) in [6.07, 6.45) is 2.17. The first-order chi connectivity index (χ1) is 11.7. The smallest absolute Gasteiger partial charge is 0.193 e. The minimum Gasteiger partial charge on any atom is -0.370 e. The molecule has 0 aliphatic carbocycles. The Kier molecular flexibility index (Phi) is 5.49. The first kappa shape index (κ1) is 16.5. The Bertz CT molecular complexity index is 691. The number of benzene rings is 2. The standard InChI is InChI=1S/C20H26N4/c1-2-16-7-9-19(10-8-16)23-20(21)22-12-14-24-13-11-17-5-3-4-6-18(17)15-24/h3-10H,2,11-15H2,1H3,(H3,21,22,23). The molecule has 0 aromatic heterocycles. The predicted molar refractivity (Wildman–Crippen MR) is 101 cm³/mol. The van der Waals surface area contributed by atoms with Crippen LogP contribution in [0, 0.1) is 0 Å². The third-order valence-electron chi connectivity index (χ3n) is 4.54. The molecule has 0 spiro atoms. The van der Waals surface area contributed by atoms with Gasteiger partial charge in [-0.1, -0.05) is 43.3 Å². The van der Waals surface area contributed by atoms with Gasteiger partial charge in [0, 0.05) is 25.3 Å². The van der Waals surface area contributed by atoms with Crippen molar-refractivity contribution < 1.29 is 0 Å². The van der Waals surface area contributed by atoms with Gasteiger partial charge >= 0.3 is 0 Å². The van der Waals surface area contributed by atoms with Gasteiger partial charge in [-0.2, -0.15) is 0 Å². The maximum Gasteiger partial charge on any atom is 0.193 e. The molecule has 24 heavy (non-hydrogen) atoms. The minimum atomic E-state index is 0.483. The lowest BCUT2D eigenvalue weighted by Gasteiger charge is -2.28. The number of rotatable bonds is 5. The zero-order valence-electron chi connectivity index (χ0n) is 14.3. The Morgan fingerprint density at radius 3 is 2.62 bits per heavy atom. The highest BCUT2D eigenvalue weighted by molar-refractivity contribution is 5.92. The van der Waals surface area contributed by atoms with Crippen LogP contribution in [0.5, 0.6) is 0 Å². The molecule has 0 amide bonds. The number of fused-ring (bicyclic) bond motifs is 1. The van der Waals surface area contributed by atoms with Crippen molar-refractivity contribution in [2.24, 2.45) is 10.7 Å². The summed E-state index contributed by atoms with van der Waals surface area (Å²) >= 11 is 0. The molecule has 0 unspecified atom stereocenters. The lowest BCUT2D eigenvalue weighted by molar-refractivity contribution is 0.262. The van der Waals surface area contributed by atoms with Crippen molar-refractivity contribution >= 4 is 11.6 Å². The van der Waals surface area contributed by atoms with Crippen molar-refractivity contribution in [2.75, 3.05) is 25.0 Å². The molecule has 4 nitrogen and oxygen atoms in total. The molecule has 3 N–H and O–H groups in total. The van der Waals surface area contributed by atoms with Gasteiger partial charge in [-0.05, 0) is 41.7 Å². The molecule has 2 aromatic carbocycles. The monoisotopic (exact) mass is 322 g/mol. The fraction of sp³-hybridized carbons (Fsp3) is 0.350. The average molecular weight is 322 g/mol. The molecule has 0 saturated carbocycles. The largest absolute Gasteiger partial charge is 0.370 e. The zero-order chi connectivity index (χ0) is 16.8. The van der Waals surface area contributed by atoms with Crippen LogP contribution in [0.1, 0.15) is 23.6 Å². The number of hydrogen-bond acceptors (Lipinski definition) is 2. The quantitative estimate of drug-likeness (QED) is 0.657. The van der Waals surface area contributed by atoms with Gasteiger partial charge < -0.3 is 11.1 Å². The van der Waals surface area contributed by atoms with Crippen LogP contribution in [0.3, 0.4) is 0 Å². The first-order valence-electron chi connectivity index (χ1n) is 8.69. The van der Waals surface area contributed by atoms with Crippen molar-refractivity contribution in [3.8, 4) is 0 Å². The van der Waals surface area contributed by atoms with Crippen LogP contribution in [0.4, 0.5) is 5.69 Å². The minimum absolute atomic E-state index is 0.483. The molecule has 0 atom stereocenters. The van der Waals surface area contributed by atoms with E-state index < -0.39 is 0 Å². The highest BCUT2D eigenvalue weighted by atomic mass is 15.2. The summed E-state index contributed by atoms with van der Waals surface area (Å²) in [5, 5.41) is 3.16. The molecule has 0 saturated heterocycles. The number of aryl methyl sites for hydroxylation is 1. The van der Waals surface area contributed by atoms with Gasteiger partial charge in [0.1, 0.15) is 0 Å². The van der Waals surface area contributed by atoms with E-state index >= 15 is 0 Å². The number of nitrogens with one attached hydrogen (secondary N) is 1. The number of anilines is 1. The Hall–Kier alpha value is -2.33. The van der Waals surface area contributed by atoms with Crippen LogP contribution in [0.25, 0.3) is 0 Å². The molecule has 1 aliphatic heterocycles. The predicted octanol–water partition coefficient (Wildman–Crippen LogP) is 3.03. The summed E-state index contributed by atoms with van der Waals surface area (Å²) in [5.41, 5.74) is 11.2. The van der Waals surface area contributed by atoms with Gasteiger partial charge in [0.15, 0.2) is 5.96 Å². The van der Waals surface area contributed by atoms with Gasteiger partial charge in [-0.25, -0.2) is 0 Å². The summed E-state index contributed by atoms with van der Waals surface area (Å²) in [6.45, 7) is 5.91. The van der Waals surface area contributed by atoms with Crippen molar-refractivity contribution in [1.29, 1.82) is 0 Å². The maximum atomic E-state index is 5.99. The molecule has 2 aromatic rings. The Morgan fingerprint density at radius 2 is 1.88 bits per heavy atom. The topological polar surface area (TPSA) is 53.6 Å². The molecule has 126 valence electrons. The second-order valence-electron chi connectivity index (χ2n) is 6.24. The molecular formula is C20H26N4. The van der Waals surface area contributed by atoms with Crippen LogP contribution >= 0.6 is 0 Å². The molecule has 0 bridgehead atoms. The van der Waals surface area contributed by atoms with Gasteiger partial charge in [-0.3, -0.25) is 9.89 Å². The summed E-state index contributed by atoms with van der Waals surface area (Å²) in [6, 6.07) is 17.0. The van der Waals surface area contributed by atoms with E-state index in [-0.39, 0.29) is 0 Å². The molecule has 1 aliphatic rings. The van der Waals surface area contributed by atoms with Crippen molar-refractivity contribution in [3.63, 3.8) is 0 Å². The van der Waals surface area contributed by atoms with Crippen molar-refractivity contribution in [3.05, 3.63) is 65.2 Å². The first-order valence-corrected chi connectivity index (χ1v) is 8.69. The van der Waals surface area contributed by atoms with Crippen LogP contribution in [0.2, 0.25) is 0 Å². The third-order valence-corrected chi connectivity index (χ3v) is 4.54. The number of guanidine groups is 1. The zero-order valence-corrected chi connectivity index (χ0v) is 14.3. The molecule has 1 heterocycles. The molecule has 4 heteroatoms. The molecule has 0 radical (unpaired) electrons. The summed E-state index contributed by atoms with van der Waals surface area (Å²) in [4.78, 5) is 6.89. The molecular weight excluding hydrogens is 296 g/mol. The third kappa shape index (κ3) is 4.36. The van der Waals surface area contributed by atoms with E-state index in [0.717, 1.165) is 38.2 Å². The van der Waals surface area contributed by atoms with E-state index in [1.165, 1.54) is 16.7 Å². The van der Waals surface area contributed by atoms with Crippen LogP contribution in [-0.4, -0.2) is 30.5 Å². The van der Waals surface area contributed by atoms with Gasteiger partial charge in [0.25, 0.3) is 0 Å². The van der Waals surface area contributed by atoms with Crippen LogP contribution in [0.15, 0.2) is 53.5 Å². The summed E-state index contributed by atoms with van der Waals surface area (Å²) < 4.78 is 0. The number of aliphatic imine (C=N–C) groups is 1. The van der Waals surface area contributed by atoms with Crippen molar-refractivity contribution in [1.82, 2.24) is 4.90 Å². The highest BCUT2D eigenvalue weighted by Gasteiger charge is 2.14. The van der Waals surface area contributed by atoms with Gasteiger partial charge in [0.05, 0.1) is 6.54 Å². The van der Waals surface area contributed by atoms with E-state index in [2.05, 4.69) is 58.5 Å². The number of nitrogens with two attached hydrogens (primary N) is 1. The summed E-state index contributed by atoms with van der Waals surface area (Å²) in [7, 11) is 0. The Morgan fingerprint density at radius 1 is 1.12 bits per heavy atom. The van der Waals surface area contributed by atoms with E-state index in [1.54, 1.807) is 0 Å². The lowest BCUT2D eigenvalue weighted by Crippen LogP contribution is -2.33. The number of hydrogen-bond donors (Lipinski definition) is 2. The maximum absolute atomic E-state index is 5.99. The van der Waals surface area contributed by atoms with E-state index in [4.69, 9.17) is 5.73 Å². The SMILES string of the molecule is CCc1ccc(NC(N)=NCCN2CCc3ccccc3C2)cc1. The molecule has 0 fully saturated rings. The highest BCUT2D eigenvalue weighted by Crippen LogP contribution is 2.17.